The molecule has 0 aliphatic heterocycles. The van der Waals surface area contributed by atoms with Crippen molar-refractivity contribution in [3.05, 3.63) is 18.5 Å². The summed E-state index contributed by atoms with van der Waals surface area (Å²) in [6.45, 7) is 6.59. The number of anilines is 2. The lowest BCUT2D eigenvalue weighted by Crippen LogP contribution is -2.34. The zero-order chi connectivity index (χ0) is 12.2. The molecule has 0 fully saturated rings. The second kappa shape index (κ2) is 5.16. The van der Waals surface area contributed by atoms with E-state index in [1.54, 1.807) is 12.4 Å². The lowest BCUT2D eigenvalue weighted by atomic mass is 9.85. The highest BCUT2D eigenvalue weighted by atomic mass is 16.3. The Morgan fingerprint density at radius 1 is 1.44 bits per heavy atom. The molecular formula is C12H21N3O. The fourth-order valence-corrected chi connectivity index (χ4v) is 1.59. The number of aromatic nitrogens is 1. The van der Waals surface area contributed by atoms with Crippen molar-refractivity contribution in [3.63, 3.8) is 0 Å². The smallest absolute Gasteiger partial charge is 0.0549 e. The van der Waals surface area contributed by atoms with Crippen molar-refractivity contribution in [2.45, 2.75) is 33.2 Å². The Kier molecular flexibility index (Phi) is 4.12. The van der Waals surface area contributed by atoms with Crippen LogP contribution in [0.15, 0.2) is 18.5 Å². The van der Waals surface area contributed by atoms with Crippen LogP contribution in [0.5, 0.6) is 0 Å². The van der Waals surface area contributed by atoms with Crippen LogP contribution >= 0.6 is 0 Å². The van der Waals surface area contributed by atoms with Gasteiger partial charge < -0.3 is 16.2 Å². The van der Waals surface area contributed by atoms with Gasteiger partial charge in [0.05, 0.1) is 17.6 Å². The van der Waals surface area contributed by atoms with Gasteiger partial charge in [-0.05, 0) is 17.9 Å². The van der Waals surface area contributed by atoms with E-state index in [1.165, 1.54) is 0 Å². The van der Waals surface area contributed by atoms with Crippen LogP contribution in [0.3, 0.4) is 0 Å². The normalized spacial score (nSPS) is 13.5. The van der Waals surface area contributed by atoms with Crippen LogP contribution < -0.4 is 11.1 Å². The fraction of sp³-hybridized carbons (Fsp3) is 0.583. The molecule has 90 valence electrons. The van der Waals surface area contributed by atoms with Crippen LogP contribution in [-0.2, 0) is 0 Å². The van der Waals surface area contributed by atoms with Gasteiger partial charge in [0.1, 0.15) is 0 Å². The van der Waals surface area contributed by atoms with Gasteiger partial charge in [0.2, 0.25) is 0 Å². The zero-order valence-electron chi connectivity index (χ0n) is 10.2. The maximum Gasteiger partial charge on any atom is 0.0549 e. The molecule has 0 aliphatic carbocycles. The van der Waals surface area contributed by atoms with Crippen LogP contribution in [0.1, 0.15) is 27.2 Å². The zero-order valence-corrected chi connectivity index (χ0v) is 10.2. The molecule has 0 bridgehead atoms. The van der Waals surface area contributed by atoms with Crippen LogP contribution in [0, 0.1) is 5.41 Å². The number of nitrogens with two attached hydrogens (primary N) is 1. The molecule has 0 spiro atoms. The highest BCUT2D eigenvalue weighted by molar-refractivity contribution is 5.51. The standard InChI is InChI=1S/C12H21N3O/c1-12(2,3)11(4-5-16)15-10-6-9(13)7-14-8-10/h6-8,11,15-16H,4-5,13H2,1-3H3. The Morgan fingerprint density at radius 2 is 2.12 bits per heavy atom. The average molecular weight is 223 g/mol. The van der Waals surface area contributed by atoms with E-state index in [4.69, 9.17) is 10.8 Å². The summed E-state index contributed by atoms with van der Waals surface area (Å²) in [5, 5.41) is 12.4. The van der Waals surface area contributed by atoms with Crippen molar-refractivity contribution in [3.8, 4) is 0 Å². The first-order valence-corrected chi connectivity index (χ1v) is 5.51. The second-order valence-electron chi connectivity index (χ2n) is 5.08. The second-order valence-corrected chi connectivity index (χ2v) is 5.08. The third-order valence-corrected chi connectivity index (χ3v) is 2.56. The quantitative estimate of drug-likeness (QED) is 0.728. The minimum absolute atomic E-state index is 0.0767. The summed E-state index contributed by atoms with van der Waals surface area (Å²) in [6.07, 6.45) is 4.06. The molecule has 1 aromatic heterocycles. The predicted molar refractivity (Wildman–Crippen MR) is 67.2 cm³/mol. The minimum atomic E-state index is 0.0767. The first kappa shape index (κ1) is 12.8. The van der Waals surface area contributed by atoms with E-state index in [9.17, 15) is 0 Å². The van der Waals surface area contributed by atoms with Gasteiger partial charge in [-0.25, -0.2) is 0 Å². The third kappa shape index (κ3) is 3.70. The molecule has 0 saturated heterocycles. The molecule has 1 heterocycles. The summed E-state index contributed by atoms with van der Waals surface area (Å²) >= 11 is 0. The molecule has 16 heavy (non-hydrogen) atoms. The van der Waals surface area contributed by atoms with E-state index in [0.717, 1.165) is 5.69 Å². The topological polar surface area (TPSA) is 71.2 Å². The number of hydrogen-bond acceptors (Lipinski definition) is 4. The summed E-state index contributed by atoms with van der Waals surface area (Å²) in [5.74, 6) is 0. The van der Waals surface area contributed by atoms with E-state index < -0.39 is 0 Å². The van der Waals surface area contributed by atoms with Crippen molar-refractivity contribution in [1.29, 1.82) is 0 Å². The number of aliphatic hydroxyl groups excluding tert-OH is 1. The van der Waals surface area contributed by atoms with Crippen LogP contribution in [0.4, 0.5) is 11.4 Å². The van der Waals surface area contributed by atoms with Gasteiger partial charge in [-0.2, -0.15) is 0 Å². The molecule has 0 radical (unpaired) electrons. The number of nitrogen functional groups attached to an aromatic ring is 1. The van der Waals surface area contributed by atoms with Gasteiger partial charge in [0.25, 0.3) is 0 Å². The lowest BCUT2D eigenvalue weighted by Gasteiger charge is -2.32. The molecule has 4 nitrogen and oxygen atoms in total. The Hall–Kier alpha value is -1.29. The molecule has 1 atom stereocenters. The predicted octanol–water partition coefficient (Wildman–Crippen LogP) is 1.87. The molecule has 1 aromatic rings. The van der Waals surface area contributed by atoms with Gasteiger partial charge >= 0.3 is 0 Å². The number of hydrogen-bond donors (Lipinski definition) is 3. The van der Waals surface area contributed by atoms with Crippen LogP contribution in [0.2, 0.25) is 0 Å². The van der Waals surface area contributed by atoms with E-state index in [2.05, 4.69) is 31.1 Å². The Bertz CT molecular complexity index is 333. The van der Waals surface area contributed by atoms with Crippen LogP contribution in [-0.4, -0.2) is 22.7 Å². The summed E-state index contributed by atoms with van der Waals surface area (Å²) < 4.78 is 0. The van der Waals surface area contributed by atoms with Gasteiger partial charge in [0.15, 0.2) is 0 Å². The summed E-state index contributed by atoms with van der Waals surface area (Å²) in [7, 11) is 0. The molecule has 0 saturated carbocycles. The van der Waals surface area contributed by atoms with Gasteiger partial charge in [0, 0.05) is 18.8 Å². The van der Waals surface area contributed by atoms with E-state index in [0.29, 0.717) is 12.1 Å². The average Bonchev–Trinajstić information content (AvgIpc) is 2.16. The molecule has 0 aromatic carbocycles. The summed E-state index contributed by atoms with van der Waals surface area (Å²) in [4.78, 5) is 4.03. The lowest BCUT2D eigenvalue weighted by molar-refractivity contribution is 0.235. The van der Waals surface area contributed by atoms with Crippen molar-refractivity contribution in [2.24, 2.45) is 5.41 Å². The van der Waals surface area contributed by atoms with Crippen molar-refractivity contribution in [1.82, 2.24) is 4.98 Å². The third-order valence-electron chi connectivity index (χ3n) is 2.56. The molecule has 1 unspecified atom stereocenters. The highest BCUT2D eigenvalue weighted by Gasteiger charge is 2.23. The molecule has 0 aliphatic rings. The monoisotopic (exact) mass is 223 g/mol. The van der Waals surface area contributed by atoms with Gasteiger partial charge in [-0.1, -0.05) is 20.8 Å². The van der Waals surface area contributed by atoms with Gasteiger partial charge in [-0.15, -0.1) is 0 Å². The Balaban J connectivity index is 2.76. The highest BCUT2D eigenvalue weighted by Crippen LogP contribution is 2.25. The van der Waals surface area contributed by atoms with Gasteiger partial charge in [-0.3, -0.25) is 4.98 Å². The molecule has 1 rings (SSSR count). The van der Waals surface area contributed by atoms with Crippen molar-refractivity contribution < 1.29 is 5.11 Å². The number of rotatable bonds is 4. The maximum atomic E-state index is 9.05. The van der Waals surface area contributed by atoms with E-state index in [1.807, 2.05) is 6.07 Å². The number of pyridine rings is 1. The largest absolute Gasteiger partial charge is 0.397 e. The van der Waals surface area contributed by atoms with Crippen LogP contribution in [0.25, 0.3) is 0 Å². The van der Waals surface area contributed by atoms with Crippen molar-refractivity contribution >= 4 is 11.4 Å². The SMILES string of the molecule is CC(C)(C)C(CCO)Nc1cncc(N)c1. The van der Waals surface area contributed by atoms with E-state index >= 15 is 0 Å². The fourth-order valence-electron chi connectivity index (χ4n) is 1.59. The summed E-state index contributed by atoms with van der Waals surface area (Å²) in [5.41, 5.74) is 7.28. The Labute approximate surface area is 96.9 Å². The molecule has 4 heteroatoms. The first-order chi connectivity index (χ1) is 7.43. The number of nitrogens with one attached hydrogen (secondary N) is 1. The first-order valence-electron chi connectivity index (χ1n) is 5.51. The van der Waals surface area contributed by atoms with E-state index in [-0.39, 0.29) is 18.1 Å². The maximum absolute atomic E-state index is 9.05. The minimum Gasteiger partial charge on any atom is -0.397 e. The number of aliphatic hydroxyl groups is 1. The molecular weight excluding hydrogens is 202 g/mol. The Morgan fingerprint density at radius 3 is 2.62 bits per heavy atom. The number of nitrogens with zero attached hydrogens (tertiary/aromatic N) is 1. The summed E-state index contributed by atoms with van der Waals surface area (Å²) in [6, 6.07) is 2.05. The molecule has 0 amide bonds. The molecule has 4 N–H and O–H groups in total. The van der Waals surface area contributed by atoms with Crippen molar-refractivity contribution in [2.75, 3.05) is 17.7 Å².